The standard InChI is InChI=1S/C22H20/c1-5-7-21-13-11-19(15-17(21)3)9-10-20-12-14-22(8-6-2)18(4)16-20/h9-16H,1-4H3/b10-9-. The van der Waals surface area contributed by atoms with Crippen LogP contribution in [0.15, 0.2) is 36.4 Å². The van der Waals surface area contributed by atoms with E-state index in [9.17, 15) is 0 Å². The first-order valence-corrected chi connectivity index (χ1v) is 7.39. The predicted molar refractivity (Wildman–Crippen MR) is 96.4 cm³/mol. The SMILES string of the molecule is CC#Cc1ccc(/C=C\c2ccc(C#CC)c(C)c2)cc1C. The second-order valence-electron chi connectivity index (χ2n) is 5.23. The van der Waals surface area contributed by atoms with E-state index in [4.69, 9.17) is 0 Å². The van der Waals surface area contributed by atoms with E-state index in [1.165, 1.54) is 22.3 Å². The van der Waals surface area contributed by atoms with Crippen molar-refractivity contribution in [2.24, 2.45) is 0 Å². The van der Waals surface area contributed by atoms with Crippen LogP contribution < -0.4 is 0 Å². The zero-order chi connectivity index (χ0) is 15.9. The van der Waals surface area contributed by atoms with Crippen LogP contribution in [-0.4, -0.2) is 0 Å². The molecule has 2 aromatic rings. The van der Waals surface area contributed by atoms with Crippen molar-refractivity contribution in [2.75, 3.05) is 0 Å². The highest BCUT2D eigenvalue weighted by Gasteiger charge is 1.97. The van der Waals surface area contributed by atoms with Crippen LogP contribution >= 0.6 is 0 Å². The number of benzene rings is 2. The smallest absolute Gasteiger partial charge is 0.0274 e. The molecular weight excluding hydrogens is 264 g/mol. The molecule has 0 saturated carbocycles. The number of hydrogen-bond donors (Lipinski definition) is 0. The Hall–Kier alpha value is -2.70. The Labute approximate surface area is 133 Å². The minimum absolute atomic E-state index is 1.10. The third-order valence-corrected chi connectivity index (χ3v) is 3.49. The molecule has 0 heteroatoms. The fourth-order valence-corrected chi connectivity index (χ4v) is 2.32. The van der Waals surface area contributed by atoms with Crippen LogP contribution in [0.4, 0.5) is 0 Å². The van der Waals surface area contributed by atoms with Crippen LogP contribution in [0.5, 0.6) is 0 Å². The first kappa shape index (κ1) is 15.7. The van der Waals surface area contributed by atoms with Crippen LogP contribution in [0.25, 0.3) is 12.2 Å². The van der Waals surface area contributed by atoms with Gasteiger partial charge in [-0.2, -0.15) is 0 Å². The molecule has 0 spiro atoms. The average molecular weight is 284 g/mol. The van der Waals surface area contributed by atoms with Gasteiger partial charge < -0.3 is 0 Å². The van der Waals surface area contributed by atoms with Crippen LogP contribution in [-0.2, 0) is 0 Å². The van der Waals surface area contributed by atoms with E-state index in [0.29, 0.717) is 0 Å². The van der Waals surface area contributed by atoms with Gasteiger partial charge in [-0.05, 0) is 62.1 Å². The Morgan fingerprint density at radius 2 is 1.09 bits per heavy atom. The molecule has 2 rings (SSSR count). The lowest BCUT2D eigenvalue weighted by atomic mass is 10.0. The van der Waals surface area contributed by atoms with Gasteiger partial charge in [-0.1, -0.05) is 48.3 Å². The number of rotatable bonds is 2. The largest absolute Gasteiger partial charge is 0.101 e. The van der Waals surface area contributed by atoms with E-state index in [0.717, 1.165) is 11.1 Å². The van der Waals surface area contributed by atoms with E-state index in [1.807, 2.05) is 13.8 Å². The number of hydrogen-bond acceptors (Lipinski definition) is 0. The summed E-state index contributed by atoms with van der Waals surface area (Å²) in [5.41, 5.74) is 6.99. The van der Waals surface area contributed by atoms with Gasteiger partial charge in [0.05, 0.1) is 0 Å². The van der Waals surface area contributed by atoms with E-state index in [1.54, 1.807) is 0 Å². The maximum absolute atomic E-state index is 3.12. The third kappa shape index (κ3) is 3.91. The van der Waals surface area contributed by atoms with Crippen molar-refractivity contribution in [3.05, 3.63) is 69.8 Å². The lowest BCUT2D eigenvalue weighted by Crippen LogP contribution is -1.84. The zero-order valence-corrected chi connectivity index (χ0v) is 13.6. The molecule has 0 heterocycles. The molecule has 0 fully saturated rings. The van der Waals surface area contributed by atoms with Gasteiger partial charge in [-0.3, -0.25) is 0 Å². The van der Waals surface area contributed by atoms with Gasteiger partial charge in [0.25, 0.3) is 0 Å². The lowest BCUT2D eigenvalue weighted by Gasteiger charge is -2.02. The average Bonchev–Trinajstić information content (AvgIpc) is 2.50. The first-order chi connectivity index (χ1) is 10.6. The molecule has 0 aliphatic heterocycles. The van der Waals surface area contributed by atoms with Crippen molar-refractivity contribution in [1.29, 1.82) is 0 Å². The van der Waals surface area contributed by atoms with E-state index >= 15 is 0 Å². The molecule has 0 saturated heterocycles. The van der Waals surface area contributed by atoms with Gasteiger partial charge in [0, 0.05) is 11.1 Å². The van der Waals surface area contributed by atoms with Crippen molar-refractivity contribution >= 4 is 12.2 Å². The molecule has 0 aliphatic carbocycles. The summed E-state index contributed by atoms with van der Waals surface area (Å²) in [7, 11) is 0. The molecule has 0 amide bonds. The monoisotopic (exact) mass is 284 g/mol. The van der Waals surface area contributed by atoms with Crippen molar-refractivity contribution in [1.82, 2.24) is 0 Å². The molecule has 0 aliphatic rings. The van der Waals surface area contributed by atoms with Crippen LogP contribution in [0.3, 0.4) is 0 Å². The predicted octanol–water partition coefficient (Wildman–Crippen LogP) is 5.22. The third-order valence-electron chi connectivity index (χ3n) is 3.49. The van der Waals surface area contributed by atoms with Gasteiger partial charge in [0.2, 0.25) is 0 Å². The van der Waals surface area contributed by atoms with E-state index < -0.39 is 0 Å². The summed E-state index contributed by atoms with van der Waals surface area (Å²) in [6, 6.07) is 12.7. The normalized spacial score (nSPS) is 9.82. The fraction of sp³-hybridized carbons (Fsp3) is 0.182. The Morgan fingerprint density at radius 1 is 0.682 bits per heavy atom. The minimum atomic E-state index is 1.10. The van der Waals surface area contributed by atoms with Crippen molar-refractivity contribution < 1.29 is 0 Å². The molecule has 0 atom stereocenters. The molecule has 0 nitrogen and oxygen atoms in total. The van der Waals surface area contributed by atoms with Crippen LogP contribution in [0.2, 0.25) is 0 Å². The quantitative estimate of drug-likeness (QED) is 0.524. The van der Waals surface area contributed by atoms with E-state index in [2.05, 4.69) is 86.1 Å². The highest BCUT2D eigenvalue weighted by molar-refractivity contribution is 5.71. The van der Waals surface area contributed by atoms with Gasteiger partial charge >= 0.3 is 0 Å². The van der Waals surface area contributed by atoms with Crippen molar-refractivity contribution in [2.45, 2.75) is 27.7 Å². The van der Waals surface area contributed by atoms with Gasteiger partial charge in [-0.15, -0.1) is 11.8 Å². The first-order valence-electron chi connectivity index (χ1n) is 7.39. The molecule has 2 aromatic carbocycles. The highest BCUT2D eigenvalue weighted by Crippen LogP contribution is 2.15. The topological polar surface area (TPSA) is 0 Å². The summed E-state index contributed by atoms with van der Waals surface area (Å²) in [6.45, 7) is 7.92. The maximum atomic E-state index is 3.12. The number of aryl methyl sites for hydroxylation is 2. The Morgan fingerprint density at radius 3 is 1.41 bits per heavy atom. The maximum Gasteiger partial charge on any atom is 0.0274 e. The summed E-state index contributed by atoms with van der Waals surface area (Å²) in [5.74, 6) is 12.1. The molecule has 108 valence electrons. The molecule has 0 N–H and O–H groups in total. The zero-order valence-electron chi connectivity index (χ0n) is 13.6. The molecular formula is C22H20. The molecule has 0 unspecified atom stereocenters. The summed E-state index contributed by atoms with van der Waals surface area (Å²) < 4.78 is 0. The molecule has 0 bridgehead atoms. The second-order valence-corrected chi connectivity index (χ2v) is 5.23. The highest BCUT2D eigenvalue weighted by atomic mass is 14.0. The fourth-order valence-electron chi connectivity index (χ4n) is 2.32. The summed E-state index contributed by atoms with van der Waals surface area (Å²) >= 11 is 0. The Balaban J connectivity index is 2.24. The van der Waals surface area contributed by atoms with Crippen LogP contribution in [0.1, 0.15) is 47.2 Å². The minimum Gasteiger partial charge on any atom is -0.101 e. The summed E-state index contributed by atoms with van der Waals surface area (Å²) in [5, 5.41) is 0. The summed E-state index contributed by atoms with van der Waals surface area (Å²) in [4.78, 5) is 0. The van der Waals surface area contributed by atoms with Gasteiger partial charge in [-0.25, -0.2) is 0 Å². The van der Waals surface area contributed by atoms with Gasteiger partial charge in [0.15, 0.2) is 0 Å². The van der Waals surface area contributed by atoms with Crippen molar-refractivity contribution in [3.63, 3.8) is 0 Å². The molecule has 22 heavy (non-hydrogen) atoms. The molecule has 0 aromatic heterocycles. The van der Waals surface area contributed by atoms with Gasteiger partial charge in [0.1, 0.15) is 0 Å². The van der Waals surface area contributed by atoms with E-state index in [-0.39, 0.29) is 0 Å². The Kier molecular flexibility index (Phi) is 5.24. The molecule has 0 radical (unpaired) electrons. The van der Waals surface area contributed by atoms with Crippen LogP contribution in [0, 0.1) is 37.5 Å². The summed E-state index contributed by atoms with van der Waals surface area (Å²) in [6.07, 6.45) is 4.27. The lowest BCUT2D eigenvalue weighted by molar-refractivity contribution is 1.42. The Bertz CT molecular complexity index is 756. The van der Waals surface area contributed by atoms with Crippen molar-refractivity contribution in [3.8, 4) is 23.7 Å². The second kappa shape index (κ2) is 7.35.